The molecule has 0 aliphatic carbocycles. The Hall–Kier alpha value is -1.56. The first-order valence-electron chi connectivity index (χ1n) is 7.39. The summed E-state index contributed by atoms with van der Waals surface area (Å²) in [4.78, 5) is 25.7. The summed E-state index contributed by atoms with van der Waals surface area (Å²) in [6.07, 6.45) is 2.90. The Labute approximate surface area is 134 Å². The van der Waals surface area contributed by atoms with Crippen LogP contribution in [0.1, 0.15) is 18.4 Å². The average Bonchev–Trinajstić information content (AvgIpc) is 2.51. The Kier molecular flexibility index (Phi) is 6.24. The molecule has 1 aliphatic rings. The molecule has 6 heteroatoms. The monoisotopic (exact) mass is 324 g/mol. The number of benzene rings is 1. The van der Waals surface area contributed by atoms with Gasteiger partial charge in [0, 0.05) is 37.4 Å². The summed E-state index contributed by atoms with van der Waals surface area (Å²) in [5.41, 5.74) is 0.485. The molecule has 2 rings (SSSR count). The number of piperidine rings is 1. The molecule has 0 radical (unpaired) electrons. The summed E-state index contributed by atoms with van der Waals surface area (Å²) in [5, 5.41) is 2.89. The number of carbonyl (C=O) groups is 2. The molecule has 1 aromatic rings. The molecule has 0 spiro atoms. The highest BCUT2D eigenvalue weighted by Gasteiger charge is 2.30. The molecule has 1 heterocycles. The lowest BCUT2D eigenvalue weighted by Crippen LogP contribution is -2.45. The summed E-state index contributed by atoms with van der Waals surface area (Å²) in [5.74, 6) is 0.320. The van der Waals surface area contributed by atoms with E-state index in [4.69, 9.17) is 0 Å². The van der Waals surface area contributed by atoms with Gasteiger partial charge in [-0.05, 0) is 18.7 Å². The largest absolute Gasteiger partial charge is 0.355 e. The molecule has 1 fully saturated rings. The molecule has 1 atom stereocenters. The predicted molar refractivity (Wildman–Crippen MR) is 85.9 cm³/mol. The van der Waals surface area contributed by atoms with Crippen LogP contribution in [0.2, 0.25) is 0 Å². The molecule has 120 valence electrons. The molecule has 1 saturated heterocycles. The van der Waals surface area contributed by atoms with E-state index in [1.165, 1.54) is 6.07 Å². The van der Waals surface area contributed by atoms with Gasteiger partial charge in [0.15, 0.2) is 0 Å². The molecule has 0 aromatic heterocycles. The predicted octanol–water partition coefficient (Wildman–Crippen LogP) is 2.04. The number of thioether (sulfide) groups is 1. The third-order valence-electron chi connectivity index (χ3n) is 3.80. The van der Waals surface area contributed by atoms with Crippen molar-refractivity contribution in [2.75, 3.05) is 25.1 Å². The number of hydrogen-bond acceptors (Lipinski definition) is 3. The summed E-state index contributed by atoms with van der Waals surface area (Å²) in [7, 11) is 0. The molecule has 1 aromatic carbocycles. The van der Waals surface area contributed by atoms with Gasteiger partial charge >= 0.3 is 0 Å². The second-order valence-electron chi connectivity index (χ2n) is 5.39. The van der Waals surface area contributed by atoms with Crippen LogP contribution in [0.25, 0.3) is 0 Å². The van der Waals surface area contributed by atoms with Crippen molar-refractivity contribution < 1.29 is 14.0 Å². The molecule has 0 saturated carbocycles. The smallest absolute Gasteiger partial charge is 0.224 e. The van der Waals surface area contributed by atoms with Gasteiger partial charge in [0.25, 0.3) is 0 Å². The lowest BCUT2D eigenvalue weighted by molar-refractivity contribution is -0.138. The number of nitrogens with one attached hydrogen (secondary N) is 1. The first-order valence-corrected chi connectivity index (χ1v) is 8.79. The Morgan fingerprint density at radius 2 is 2.23 bits per heavy atom. The van der Waals surface area contributed by atoms with Gasteiger partial charge in [-0.15, -0.1) is 0 Å². The van der Waals surface area contributed by atoms with Gasteiger partial charge in [0.05, 0.1) is 5.92 Å². The van der Waals surface area contributed by atoms with Crippen molar-refractivity contribution in [1.82, 2.24) is 10.2 Å². The molecule has 4 nitrogen and oxygen atoms in total. The van der Waals surface area contributed by atoms with Crippen LogP contribution < -0.4 is 5.32 Å². The fourth-order valence-corrected chi connectivity index (χ4v) is 2.84. The van der Waals surface area contributed by atoms with E-state index in [2.05, 4.69) is 5.32 Å². The van der Waals surface area contributed by atoms with E-state index in [1.807, 2.05) is 6.26 Å². The Morgan fingerprint density at radius 3 is 2.95 bits per heavy atom. The number of nitrogens with zero attached hydrogens (tertiary/aromatic N) is 1. The van der Waals surface area contributed by atoms with Crippen LogP contribution in [0.15, 0.2) is 24.3 Å². The van der Waals surface area contributed by atoms with E-state index < -0.39 is 0 Å². The zero-order chi connectivity index (χ0) is 15.9. The fraction of sp³-hybridized carbons (Fsp3) is 0.500. The van der Waals surface area contributed by atoms with Crippen molar-refractivity contribution in [2.45, 2.75) is 19.4 Å². The van der Waals surface area contributed by atoms with E-state index in [0.717, 1.165) is 5.75 Å². The second kappa shape index (κ2) is 8.17. The van der Waals surface area contributed by atoms with Gasteiger partial charge in [0.2, 0.25) is 11.8 Å². The van der Waals surface area contributed by atoms with Crippen molar-refractivity contribution in [3.8, 4) is 0 Å². The van der Waals surface area contributed by atoms with Crippen molar-refractivity contribution in [2.24, 2.45) is 5.92 Å². The summed E-state index contributed by atoms with van der Waals surface area (Å²) in [6, 6.07) is 6.43. The first-order chi connectivity index (χ1) is 10.6. The number of rotatable bonds is 6. The molecule has 1 aliphatic heterocycles. The molecule has 22 heavy (non-hydrogen) atoms. The molecule has 0 unspecified atom stereocenters. The van der Waals surface area contributed by atoms with Crippen molar-refractivity contribution in [1.29, 1.82) is 0 Å². The Bertz CT molecular complexity index is 539. The average molecular weight is 324 g/mol. The van der Waals surface area contributed by atoms with E-state index >= 15 is 0 Å². The van der Waals surface area contributed by atoms with Gasteiger partial charge in [-0.2, -0.15) is 11.8 Å². The van der Waals surface area contributed by atoms with Gasteiger partial charge in [0.1, 0.15) is 5.82 Å². The fourth-order valence-electron chi connectivity index (χ4n) is 2.53. The van der Waals surface area contributed by atoms with Crippen LogP contribution in [0, 0.1) is 11.7 Å². The zero-order valence-electron chi connectivity index (χ0n) is 12.7. The number of amides is 2. The normalized spacial score (nSPS) is 18.4. The zero-order valence-corrected chi connectivity index (χ0v) is 13.5. The van der Waals surface area contributed by atoms with Gasteiger partial charge < -0.3 is 10.2 Å². The summed E-state index contributed by atoms with van der Waals surface area (Å²) in [6.45, 7) is 1.22. The van der Waals surface area contributed by atoms with Crippen LogP contribution in [0.5, 0.6) is 0 Å². The maximum absolute atomic E-state index is 13.7. The Morgan fingerprint density at radius 1 is 1.45 bits per heavy atom. The first kappa shape index (κ1) is 16.8. The van der Waals surface area contributed by atoms with E-state index in [0.29, 0.717) is 31.5 Å². The molecule has 0 bridgehead atoms. The van der Waals surface area contributed by atoms with Gasteiger partial charge in [-0.1, -0.05) is 18.2 Å². The summed E-state index contributed by atoms with van der Waals surface area (Å²) >= 11 is 1.67. The third-order valence-corrected chi connectivity index (χ3v) is 4.41. The number of likely N-dealkylation sites (tertiary alicyclic amines) is 1. The molecule has 2 amide bonds. The standard InChI is InChI=1S/C16H21FN2O2S/c1-22-9-8-18-16(21)13-6-7-15(20)19(11-13)10-12-4-2-3-5-14(12)17/h2-5,13H,6-11H2,1H3,(H,18,21)/t13-/m0/s1. The minimum absolute atomic E-state index is 0.0138. The quantitative estimate of drug-likeness (QED) is 0.815. The molecule has 1 N–H and O–H groups in total. The van der Waals surface area contributed by atoms with Gasteiger partial charge in [-0.25, -0.2) is 4.39 Å². The highest BCUT2D eigenvalue weighted by atomic mass is 32.2. The lowest BCUT2D eigenvalue weighted by Gasteiger charge is -2.32. The van der Waals surface area contributed by atoms with E-state index in [-0.39, 0.29) is 30.1 Å². The van der Waals surface area contributed by atoms with Crippen molar-refractivity contribution >= 4 is 23.6 Å². The van der Waals surface area contributed by atoms with E-state index in [9.17, 15) is 14.0 Å². The Balaban J connectivity index is 1.95. The van der Waals surface area contributed by atoms with Crippen molar-refractivity contribution in [3.05, 3.63) is 35.6 Å². The minimum Gasteiger partial charge on any atom is -0.355 e. The number of hydrogen-bond donors (Lipinski definition) is 1. The van der Waals surface area contributed by atoms with Crippen LogP contribution in [0.3, 0.4) is 0 Å². The molecular formula is C16H21FN2O2S. The highest BCUT2D eigenvalue weighted by molar-refractivity contribution is 7.98. The maximum Gasteiger partial charge on any atom is 0.224 e. The summed E-state index contributed by atoms with van der Waals surface area (Å²) < 4.78 is 13.7. The van der Waals surface area contributed by atoms with Gasteiger partial charge in [-0.3, -0.25) is 9.59 Å². The SMILES string of the molecule is CSCCNC(=O)[C@H]1CCC(=O)N(Cc2ccccc2F)C1. The topological polar surface area (TPSA) is 49.4 Å². The van der Waals surface area contributed by atoms with Crippen LogP contribution >= 0.6 is 11.8 Å². The lowest BCUT2D eigenvalue weighted by atomic mass is 9.96. The number of carbonyl (C=O) groups excluding carboxylic acids is 2. The van der Waals surface area contributed by atoms with Crippen LogP contribution in [-0.4, -0.2) is 41.8 Å². The number of halogens is 1. The minimum atomic E-state index is -0.318. The highest BCUT2D eigenvalue weighted by Crippen LogP contribution is 2.21. The van der Waals surface area contributed by atoms with Crippen LogP contribution in [-0.2, 0) is 16.1 Å². The third kappa shape index (κ3) is 4.47. The van der Waals surface area contributed by atoms with Crippen molar-refractivity contribution in [3.63, 3.8) is 0 Å². The molecular weight excluding hydrogens is 303 g/mol. The second-order valence-corrected chi connectivity index (χ2v) is 6.37. The van der Waals surface area contributed by atoms with E-state index in [1.54, 1.807) is 34.9 Å². The van der Waals surface area contributed by atoms with Crippen LogP contribution in [0.4, 0.5) is 4.39 Å². The maximum atomic E-state index is 13.7.